The fourth-order valence-corrected chi connectivity index (χ4v) is 4.72. The Morgan fingerprint density at radius 3 is 2.90 bits per heavy atom. The number of fused-ring (bicyclic) bond motifs is 1. The fourth-order valence-electron chi connectivity index (χ4n) is 4.72. The lowest BCUT2D eigenvalue weighted by atomic mass is 9.99. The second-order valence-electron chi connectivity index (χ2n) is 10.3. The maximum absolute atomic E-state index is 13.0. The van der Waals surface area contributed by atoms with Crippen molar-refractivity contribution in [2.24, 2.45) is 0 Å². The van der Waals surface area contributed by atoms with Crippen molar-refractivity contribution in [1.29, 1.82) is 0 Å². The number of hydrogen-bond acceptors (Lipinski definition) is 11. The molecule has 0 aliphatic carbocycles. The van der Waals surface area contributed by atoms with Crippen LogP contribution < -0.4 is 20.3 Å². The molecule has 2 aromatic heterocycles. The quantitative estimate of drug-likeness (QED) is 0.287. The number of aliphatic hydroxyl groups excluding tert-OH is 1. The second kappa shape index (κ2) is 13.1. The van der Waals surface area contributed by atoms with Gasteiger partial charge in [-0.15, -0.1) is 0 Å². The van der Waals surface area contributed by atoms with Gasteiger partial charge in [-0.3, -0.25) is 9.69 Å². The van der Waals surface area contributed by atoms with E-state index < -0.39 is 6.10 Å². The third kappa shape index (κ3) is 7.26. The number of β-amino-alcohol motifs (C(OH)–C–C–N with tert-alkyl or cyclic N) is 1. The van der Waals surface area contributed by atoms with Gasteiger partial charge in [-0.05, 0) is 36.1 Å². The molecule has 12 nitrogen and oxygen atoms in total. The van der Waals surface area contributed by atoms with E-state index >= 15 is 0 Å². The lowest BCUT2D eigenvalue weighted by Gasteiger charge is -2.30. The minimum absolute atomic E-state index is 0.125. The molecule has 0 saturated carbocycles. The molecule has 0 unspecified atom stereocenters. The minimum atomic E-state index is -0.719. The van der Waals surface area contributed by atoms with Crippen molar-refractivity contribution in [3.8, 4) is 5.75 Å². The van der Waals surface area contributed by atoms with Crippen LogP contribution in [0.3, 0.4) is 0 Å². The summed E-state index contributed by atoms with van der Waals surface area (Å²) in [4.78, 5) is 30.1. The lowest BCUT2D eigenvalue weighted by Crippen LogP contribution is -2.42. The summed E-state index contributed by atoms with van der Waals surface area (Å²) in [7, 11) is 1.91. The van der Waals surface area contributed by atoms with Gasteiger partial charge in [0.05, 0.1) is 31.6 Å². The van der Waals surface area contributed by atoms with E-state index in [1.54, 1.807) is 12.3 Å². The van der Waals surface area contributed by atoms with Crippen LogP contribution in [-0.4, -0.2) is 89.5 Å². The van der Waals surface area contributed by atoms with E-state index in [2.05, 4.69) is 49.5 Å². The van der Waals surface area contributed by atoms with Gasteiger partial charge in [0.25, 0.3) is 5.91 Å². The number of aromatic nitrogens is 3. The summed E-state index contributed by atoms with van der Waals surface area (Å²) in [5, 5.41) is 16.9. The van der Waals surface area contributed by atoms with E-state index in [-0.39, 0.29) is 24.2 Å². The molecular formula is C28H37N7O5. The van der Waals surface area contributed by atoms with Crippen LogP contribution in [0.4, 0.5) is 11.8 Å². The summed E-state index contributed by atoms with van der Waals surface area (Å²) >= 11 is 0. The Balaban J connectivity index is 1.12. The number of amides is 1. The first-order chi connectivity index (χ1) is 19.5. The van der Waals surface area contributed by atoms with Crippen molar-refractivity contribution in [2.75, 3.05) is 56.7 Å². The van der Waals surface area contributed by atoms with Crippen molar-refractivity contribution >= 4 is 17.7 Å². The molecule has 5 rings (SSSR count). The monoisotopic (exact) mass is 551 g/mol. The van der Waals surface area contributed by atoms with Crippen LogP contribution >= 0.6 is 0 Å². The zero-order chi connectivity index (χ0) is 27.9. The molecule has 0 radical (unpaired) electrons. The van der Waals surface area contributed by atoms with Gasteiger partial charge in [-0.25, -0.2) is 9.97 Å². The van der Waals surface area contributed by atoms with E-state index in [1.807, 2.05) is 18.0 Å². The summed E-state index contributed by atoms with van der Waals surface area (Å²) in [6.07, 6.45) is 4.09. The van der Waals surface area contributed by atoms with Crippen LogP contribution in [0.5, 0.6) is 5.75 Å². The Hall–Kier alpha value is -3.74. The van der Waals surface area contributed by atoms with Crippen LogP contribution in [0.25, 0.3) is 0 Å². The maximum atomic E-state index is 13.0. The highest BCUT2D eigenvalue weighted by molar-refractivity contribution is 5.93. The predicted molar refractivity (Wildman–Crippen MR) is 148 cm³/mol. The number of nitrogens with zero attached hydrogens (tertiary/aromatic N) is 5. The zero-order valence-corrected chi connectivity index (χ0v) is 23.0. The molecule has 3 N–H and O–H groups in total. The summed E-state index contributed by atoms with van der Waals surface area (Å²) < 4.78 is 16.3. The van der Waals surface area contributed by atoms with Crippen molar-refractivity contribution < 1.29 is 23.8 Å². The number of hydrogen-bond donors (Lipinski definition) is 3. The Kier molecular flexibility index (Phi) is 9.09. The number of aliphatic hydroxyl groups is 1. The third-order valence-electron chi connectivity index (χ3n) is 6.94. The van der Waals surface area contributed by atoms with Crippen LogP contribution in [0.1, 0.15) is 40.7 Å². The molecule has 3 aromatic rings. The van der Waals surface area contributed by atoms with Crippen molar-refractivity contribution in [3.63, 3.8) is 0 Å². The molecule has 0 spiro atoms. The van der Waals surface area contributed by atoms with E-state index in [0.29, 0.717) is 43.9 Å². The molecule has 1 atom stereocenters. The highest BCUT2D eigenvalue weighted by Crippen LogP contribution is 2.25. The number of rotatable bonds is 13. The first-order valence-electron chi connectivity index (χ1n) is 13.7. The van der Waals surface area contributed by atoms with Gasteiger partial charge in [0.15, 0.2) is 12.2 Å². The van der Waals surface area contributed by atoms with Crippen LogP contribution in [0.2, 0.25) is 0 Å². The minimum Gasteiger partial charge on any atom is -0.486 e. The second-order valence-corrected chi connectivity index (χ2v) is 10.3. The van der Waals surface area contributed by atoms with Crippen molar-refractivity contribution in [1.82, 2.24) is 25.2 Å². The van der Waals surface area contributed by atoms with E-state index in [9.17, 15) is 9.90 Å². The van der Waals surface area contributed by atoms with Crippen LogP contribution in [0, 0.1) is 0 Å². The molecule has 1 fully saturated rings. The summed E-state index contributed by atoms with van der Waals surface area (Å²) in [6.45, 7) is 6.51. The first-order valence-corrected chi connectivity index (χ1v) is 13.7. The number of anilines is 2. The number of carbonyl (C=O) groups excluding carboxylic acids is 1. The molecule has 40 heavy (non-hydrogen) atoms. The van der Waals surface area contributed by atoms with Gasteiger partial charge < -0.3 is 34.5 Å². The standard InChI is InChI=1S/C28H37N7O5/c1-3-7-34(2)28-32-25(10-26(33-28)31-21-15-38-16-21)27(37)30-11-22(36)14-35-8-6-19-9-23(5-4-20(19)13-35)39-17-24-12-29-18-40-24/h4-5,9-10,12,18,21-22,36H,3,6-8,11,13-17H2,1-2H3,(H,30,37)(H,31,32,33)/t22-/m0/s1. The molecule has 2 aliphatic heterocycles. The smallest absolute Gasteiger partial charge is 0.270 e. The Labute approximate surface area is 233 Å². The average molecular weight is 552 g/mol. The number of benzene rings is 1. The van der Waals surface area contributed by atoms with Gasteiger partial charge in [-0.1, -0.05) is 13.0 Å². The predicted octanol–water partition coefficient (Wildman–Crippen LogP) is 1.85. The number of ether oxygens (including phenoxy) is 2. The summed E-state index contributed by atoms with van der Waals surface area (Å²) in [5.74, 6) is 2.19. The molecule has 1 saturated heterocycles. The highest BCUT2D eigenvalue weighted by atomic mass is 16.5. The molecule has 4 heterocycles. The van der Waals surface area contributed by atoms with Crippen LogP contribution in [-0.2, 0) is 24.3 Å². The molecule has 214 valence electrons. The topological polar surface area (TPSA) is 138 Å². The fraction of sp³-hybridized carbons (Fsp3) is 0.500. The molecule has 1 aromatic carbocycles. The third-order valence-corrected chi connectivity index (χ3v) is 6.94. The Morgan fingerprint density at radius 1 is 1.27 bits per heavy atom. The Bertz CT molecular complexity index is 1270. The zero-order valence-electron chi connectivity index (χ0n) is 23.0. The summed E-state index contributed by atoms with van der Waals surface area (Å²) in [5.41, 5.74) is 2.70. The maximum Gasteiger partial charge on any atom is 0.270 e. The Morgan fingerprint density at radius 2 is 2.15 bits per heavy atom. The molecule has 1 amide bonds. The average Bonchev–Trinajstić information content (AvgIpc) is 3.46. The molecular weight excluding hydrogens is 514 g/mol. The van der Waals surface area contributed by atoms with Gasteiger partial charge >= 0.3 is 0 Å². The largest absolute Gasteiger partial charge is 0.486 e. The SMILES string of the molecule is CCCN(C)c1nc(NC2COC2)cc(C(=O)NC[C@H](O)CN2CCc3cc(OCc4cnco4)ccc3C2)n1. The van der Waals surface area contributed by atoms with E-state index in [0.717, 1.165) is 38.2 Å². The van der Waals surface area contributed by atoms with Crippen LogP contribution in [0.15, 0.2) is 41.3 Å². The molecule has 12 heteroatoms. The highest BCUT2D eigenvalue weighted by Gasteiger charge is 2.23. The van der Waals surface area contributed by atoms with E-state index in [4.69, 9.17) is 13.9 Å². The number of oxazole rings is 1. The number of carbonyl (C=O) groups is 1. The van der Waals surface area contributed by atoms with Crippen molar-refractivity contribution in [3.05, 3.63) is 59.4 Å². The van der Waals surface area contributed by atoms with E-state index in [1.165, 1.54) is 17.5 Å². The molecule has 2 aliphatic rings. The number of nitrogens with one attached hydrogen (secondary N) is 2. The van der Waals surface area contributed by atoms with Gasteiger partial charge in [0.2, 0.25) is 5.95 Å². The summed E-state index contributed by atoms with van der Waals surface area (Å²) in [6, 6.07) is 7.90. The first kappa shape index (κ1) is 27.8. The van der Waals surface area contributed by atoms with Gasteiger partial charge in [-0.2, -0.15) is 4.98 Å². The molecule has 0 bridgehead atoms. The normalized spacial score (nSPS) is 16.1. The van der Waals surface area contributed by atoms with Gasteiger partial charge in [0, 0.05) is 45.8 Å². The lowest BCUT2D eigenvalue weighted by molar-refractivity contribution is 0.0209. The van der Waals surface area contributed by atoms with Crippen molar-refractivity contribution in [2.45, 2.75) is 45.1 Å². The van der Waals surface area contributed by atoms with Gasteiger partial charge in [0.1, 0.15) is 23.9 Å².